The topological polar surface area (TPSA) is 60.7 Å². The Hall–Kier alpha value is -1.95. The van der Waals surface area contributed by atoms with Crippen molar-refractivity contribution in [2.75, 3.05) is 6.79 Å². The lowest BCUT2D eigenvalue weighted by Gasteiger charge is -2.04. The summed E-state index contributed by atoms with van der Waals surface area (Å²) in [5.74, 6) is 1.36. The standard InChI is InChI=1S/C11H9NO4S/c13-10-5-17-11(14)12(10)4-7-1-2-8-9(3-7)16-6-15-8/h1-3,5,13H,4,6H2. The highest BCUT2D eigenvalue weighted by atomic mass is 32.1. The Kier molecular flexibility index (Phi) is 2.29. The number of rotatable bonds is 2. The summed E-state index contributed by atoms with van der Waals surface area (Å²) in [6.45, 7) is 0.549. The van der Waals surface area contributed by atoms with E-state index in [0.29, 0.717) is 18.0 Å². The van der Waals surface area contributed by atoms with Crippen LogP contribution in [0, 0.1) is 0 Å². The lowest BCUT2D eigenvalue weighted by atomic mass is 10.2. The Morgan fingerprint density at radius 2 is 2.18 bits per heavy atom. The van der Waals surface area contributed by atoms with Crippen molar-refractivity contribution in [1.82, 2.24) is 4.57 Å². The van der Waals surface area contributed by atoms with E-state index in [1.54, 1.807) is 6.07 Å². The maximum absolute atomic E-state index is 11.4. The van der Waals surface area contributed by atoms with Gasteiger partial charge in [-0.25, -0.2) is 0 Å². The maximum atomic E-state index is 11.4. The van der Waals surface area contributed by atoms with Crippen LogP contribution in [0.5, 0.6) is 17.4 Å². The van der Waals surface area contributed by atoms with E-state index in [4.69, 9.17) is 9.47 Å². The van der Waals surface area contributed by atoms with Gasteiger partial charge < -0.3 is 14.6 Å². The summed E-state index contributed by atoms with van der Waals surface area (Å²) in [4.78, 5) is 11.3. The average Bonchev–Trinajstić information content (AvgIpc) is 2.90. The molecule has 0 unspecified atom stereocenters. The quantitative estimate of drug-likeness (QED) is 0.876. The summed E-state index contributed by atoms with van der Waals surface area (Å²) >= 11 is 0.977. The van der Waals surface area contributed by atoms with E-state index in [2.05, 4.69) is 0 Å². The molecule has 0 radical (unpaired) electrons. The van der Waals surface area contributed by atoms with Crippen molar-refractivity contribution in [3.05, 3.63) is 38.8 Å². The van der Waals surface area contributed by atoms with Gasteiger partial charge in [-0.15, -0.1) is 0 Å². The lowest BCUT2D eigenvalue weighted by molar-refractivity contribution is 0.174. The highest BCUT2D eigenvalue weighted by Gasteiger charge is 2.14. The molecule has 0 amide bonds. The first-order chi connectivity index (χ1) is 8.24. The molecule has 1 N–H and O–H groups in total. The molecule has 2 aromatic rings. The molecule has 1 aromatic carbocycles. The van der Waals surface area contributed by atoms with Gasteiger partial charge in [0.1, 0.15) is 0 Å². The van der Waals surface area contributed by atoms with Crippen molar-refractivity contribution in [2.24, 2.45) is 0 Å². The van der Waals surface area contributed by atoms with Crippen LogP contribution in [-0.2, 0) is 6.54 Å². The first kappa shape index (κ1) is 10.2. The zero-order valence-electron chi connectivity index (χ0n) is 8.75. The molecule has 3 rings (SSSR count). The number of nitrogens with zero attached hydrogens (tertiary/aromatic N) is 1. The van der Waals surface area contributed by atoms with Crippen LogP contribution in [0.1, 0.15) is 5.56 Å². The van der Waals surface area contributed by atoms with Gasteiger partial charge in [0.15, 0.2) is 11.5 Å². The molecule has 0 saturated carbocycles. The molecule has 0 fully saturated rings. The van der Waals surface area contributed by atoms with Crippen molar-refractivity contribution in [3.63, 3.8) is 0 Å². The number of hydrogen-bond acceptors (Lipinski definition) is 5. The normalized spacial score (nSPS) is 12.9. The zero-order valence-corrected chi connectivity index (χ0v) is 9.57. The van der Waals surface area contributed by atoms with Crippen LogP contribution in [0.25, 0.3) is 0 Å². The minimum atomic E-state index is -0.180. The van der Waals surface area contributed by atoms with Crippen molar-refractivity contribution in [1.29, 1.82) is 0 Å². The third kappa shape index (κ3) is 1.76. The molecular weight excluding hydrogens is 242 g/mol. The fraction of sp³-hybridized carbons (Fsp3) is 0.182. The predicted molar refractivity (Wildman–Crippen MR) is 61.9 cm³/mol. The fourth-order valence-electron chi connectivity index (χ4n) is 1.69. The third-order valence-corrected chi connectivity index (χ3v) is 3.29. The van der Waals surface area contributed by atoms with Gasteiger partial charge in [-0.1, -0.05) is 17.4 Å². The lowest BCUT2D eigenvalue weighted by Crippen LogP contribution is -2.13. The fourth-order valence-corrected chi connectivity index (χ4v) is 2.31. The van der Waals surface area contributed by atoms with Gasteiger partial charge >= 0.3 is 4.87 Å². The minimum absolute atomic E-state index is 0.0160. The van der Waals surface area contributed by atoms with E-state index in [1.807, 2.05) is 12.1 Å². The second-order valence-electron chi connectivity index (χ2n) is 3.63. The summed E-state index contributed by atoms with van der Waals surface area (Å²) < 4.78 is 11.8. The number of fused-ring (bicyclic) bond motifs is 1. The Morgan fingerprint density at radius 3 is 2.94 bits per heavy atom. The van der Waals surface area contributed by atoms with E-state index in [9.17, 15) is 9.90 Å². The molecule has 0 aliphatic carbocycles. The largest absolute Gasteiger partial charge is 0.494 e. The van der Waals surface area contributed by atoms with Gasteiger partial charge in [0.25, 0.3) is 0 Å². The second-order valence-corrected chi connectivity index (χ2v) is 4.45. The second kappa shape index (κ2) is 3.81. The summed E-state index contributed by atoms with van der Waals surface area (Å²) in [5.41, 5.74) is 0.880. The van der Waals surface area contributed by atoms with Crippen LogP contribution in [0.2, 0.25) is 0 Å². The third-order valence-electron chi connectivity index (χ3n) is 2.54. The van der Waals surface area contributed by atoms with Crippen LogP contribution >= 0.6 is 11.3 Å². The number of thiazole rings is 1. The van der Waals surface area contributed by atoms with Gasteiger partial charge in [0, 0.05) is 0 Å². The SMILES string of the molecule is O=c1scc(O)n1Cc1ccc2c(c1)OCO2. The summed E-state index contributed by atoms with van der Waals surface area (Å²) in [6, 6.07) is 5.45. The molecule has 6 heteroatoms. The summed E-state index contributed by atoms with van der Waals surface area (Å²) in [5, 5.41) is 10.9. The number of hydrogen-bond donors (Lipinski definition) is 1. The first-order valence-corrected chi connectivity index (χ1v) is 5.88. The van der Waals surface area contributed by atoms with Crippen molar-refractivity contribution in [3.8, 4) is 17.4 Å². The van der Waals surface area contributed by atoms with Crippen LogP contribution in [0.4, 0.5) is 0 Å². The predicted octanol–water partition coefficient (Wildman–Crippen LogP) is 1.39. The Labute approximate surface area is 100 Å². The smallest absolute Gasteiger partial charge is 0.310 e. The first-order valence-electron chi connectivity index (χ1n) is 5.00. The van der Waals surface area contributed by atoms with Crippen molar-refractivity contribution >= 4 is 11.3 Å². The molecule has 0 bridgehead atoms. The highest BCUT2D eigenvalue weighted by Crippen LogP contribution is 2.32. The van der Waals surface area contributed by atoms with Gasteiger partial charge in [-0.05, 0) is 17.7 Å². The molecular formula is C11H9NO4S. The molecule has 0 atom stereocenters. The molecule has 1 aromatic heterocycles. The van der Waals surface area contributed by atoms with Gasteiger partial charge in [0.2, 0.25) is 12.7 Å². The molecule has 0 spiro atoms. The molecule has 1 aliphatic rings. The van der Waals surface area contributed by atoms with E-state index in [0.717, 1.165) is 16.9 Å². The molecule has 2 heterocycles. The van der Waals surface area contributed by atoms with Crippen LogP contribution < -0.4 is 14.3 Å². The molecule has 17 heavy (non-hydrogen) atoms. The summed E-state index contributed by atoms with van der Waals surface area (Å²) in [6.07, 6.45) is 0. The zero-order chi connectivity index (χ0) is 11.8. The van der Waals surface area contributed by atoms with E-state index >= 15 is 0 Å². The van der Waals surface area contributed by atoms with Crippen LogP contribution in [0.3, 0.4) is 0 Å². The van der Waals surface area contributed by atoms with Crippen LogP contribution in [0.15, 0.2) is 28.4 Å². The Morgan fingerprint density at radius 1 is 1.35 bits per heavy atom. The number of aromatic nitrogens is 1. The molecule has 5 nitrogen and oxygen atoms in total. The van der Waals surface area contributed by atoms with E-state index in [1.165, 1.54) is 9.95 Å². The molecule has 0 saturated heterocycles. The van der Waals surface area contributed by atoms with E-state index < -0.39 is 0 Å². The van der Waals surface area contributed by atoms with Crippen LogP contribution in [-0.4, -0.2) is 16.5 Å². The number of ether oxygens (including phenoxy) is 2. The Bertz CT molecular complexity index is 616. The highest BCUT2D eigenvalue weighted by molar-refractivity contribution is 7.07. The maximum Gasteiger partial charge on any atom is 0.310 e. The summed E-state index contributed by atoms with van der Waals surface area (Å²) in [7, 11) is 0. The van der Waals surface area contributed by atoms with Gasteiger partial charge in [-0.3, -0.25) is 9.36 Å². The Balaban J connectivity index is 1.94. The average molecular weight is 251 g/mol. The van der Waals surface area contributed by atoms with Gasteiger partial charge in [0.05, 0.1) is 11.9 Å². The van der Waals surface area contributed by atoms with E-state index in [-0.39, 0.29) is 17.5 Å². The molecule has 88 valence electrons. The minimum Gasteiger partial charge on any atom is -0.494 e. The van der Waals surface area contributed by atoms with Gasteiger partial charge in [-0.2, -0.15) is 0 Å². The number of benzene rings is 1. The number of aromatic hydroxyl groups is 1. The van der Waals surface area contributed by atoms with Crippen molar-refractivity contribution < 1.29 is 14.6 Å². The molecule has 1 aliphatic heterocycles. The van der Waals surface area contributed by atoms with Crippen molar-refractivity contribution in [2.45, 2.75) is 6.54 Å². The monoisotopic (exact) mass is 251 g/mol.